The third-order valence-electron chi connectivity index (χ3n) is 0.287. The van der Waals surface area contributed by atoms with Crippen molar-refractivity contribution in [3.8, 4) is 0 Å². The number of rotatable bonds is 2. The van der Waals surface area contributed by atoms with E-state index in [9.17, 15) is 4.79 Å². The van der Waals surface area contributed by atoms with Gasteiger partial charge in [0.05, 0.1) is 6.54 Å². The molecule has 0 radical (unpaired) electrons. The Morgan fingerprint density at radius 1 is 1.50 bits per heavy atom. The van der Waals surface area contributed by atoms with Gasteiger partial charge in [-0.3, -0.25) is 9.11 Å². The molecule has 0 atom stereocenters. The Balaban J connectivity index is 0. The SMILES string of the molecule is CNCC=O.O=S(=O)(O)O. The summed E-state index contributed by atoms with van der Waals surface area (Å²) in [5, 5.41) is 2.65. The van der Waals surface area contributed by atoms with Crippen LogP contribution in [-0.2, 0) is 15.2 Å². The maximum absolute atomic E-state index is 9.34. The van der Waals surface area contributed by atoms with E-state index in [-0.39, 0.29) is 0 Å². The van der Waals surface area contributed by atoms with E-state index in [1.165, 1.54) is 0 Å². The fraction of sp³-hybridized carbons (Fsp3) is 0.667. The second kappa shape index (κ2) is 6.62. The van der Waals surface area contributed by atoms with Crippen molar-refractivity contribution < 1.29 is 22.3 Å². The lowest BCUT2D eigenvalue weighted by Gasteiger charge is -1.75. The number of hydrogen-bond acceptors (Lipinski definition) is 4. The minimum atomic E-state index is -4.67. The fourth-order valence-electron chi connectivity index (χ4n) is 0.0833. The van der Waals surface area contributed by atoms with Gasteiger partial charge < -0.3 is 10.1 Å². The van der Waals surface area contributed by atoms with Gasteiger partial charge in [-0.25, -0.2) is 0 Å². The van der Waals surface area contributed by atoms with Gasteiger partial charge in [-0.15, -0.1) is 0 Å². The van der Waals surface area contributed by atoms with Crippen molar-refractivity contribution >= 4 is 16.7 Å². The van der Waals surface area contributed by atoms with Crippen molar-refractivity contribution in [2.24, 2.45) is 0 Å². The maximum Gasteiger partial charge on any atom is 0.394 e. The number of aldehydes is 1. The van der Waals surface area contributed by atoms with Crippen LogP contribution >= 0.6 is 0 Å². The molecule has 0 aromatic carbocycles. The number of hydrogen-bond donors (Lipinski definition) is 3. The zero-order valence-electron chi connectivity index (χ0n) is 5.31. The number of carbonyl (C=O) groups excluding carboxylic acids is 1. The van der Waals surface area contributed by atoms with E-state index >= 15 is 0 Å². The maximum atomic E-state index is 9.34. The molecule has 0 amide bonds. The molecule has 0 fully saturated rings. The minimum absolute atomic E-state index is 0.458. The summed E-state index contributed by atoms with van der Waals surface area (Å²) in [7, 11) is -2.94. The standard InChI is InChI=1S/C3H7NO.H2O4S/c1-4-2-3-5;1-5(2,3)4/h3-4H,2H2,1H3;(H2,1,2,3,4). The van der Waals surface area contributed by atoms with Gasteiger partial charge in [0.1, 0.15) is 6.29 Å². The first kappa shape index (κ1) is 12.2. The third-order valence-corrected chi connectivity index (χ3v) is 0.287. The molecule has 0 aliphatic carbocycles. The van der Waals surface area contributed by atoms with E-state index in [0.717, 1.165) is 6.29 Å². The number of likely N-dealkylation sites (N-methyl/N-ethyl adjacent to an activating group) is 1. The molecule has 0 bridgehead atoms. The van der Waals surface area contributed by atoms with Crippen LogP contribution in [0.3, 0.4) is 0 Å². The smallest absolute Gasteiger partial charge is 0.313 e. The van der Waals surface area contributed by atoms with Crippen molar-refractivity contribution in [3.05, 3.63) is 0 Å². The van der Waals surface area contributed by atoms with Gasteiger partial charge in [0, 0.05) is 0 Å². The van der Waals surface area contributed by atoms with Gasteiger partial charge >= 0.3 is 10.4 Å². The zero-order valence-corrected chi connectivity index (χ0v) is 6.13. The summed E-state index contributed by atoms with van der Waals surface area (Å²) in [5.74, 6) is 0. The summed E-state index contributed by atoms with van der Waals surface area (Å²) in [5.41, 5.74) is 0. The Morgan fingerprint density at radius 3 is 1.80 bits per heavy atom. The van der Waals surface area contributed by atoms with Crippen LogP contribution in [0.2, 0.25) is 0 Å². The second-order valence-electron chi connectivity index (χ2n) is 1.17. The predicted octanol–water partition coefficient (Wildman–Crippen LogP) is -1.25. The molecular weight excluding hydrogens is 162 g/mol. The quantitative estimate of drug-likeness (QED) is 0.354. The second-order valence-corrected chi connectivity index (χ2v) is 2.07. The highest BCUT2D eigenvalue weighted by Crippen LogP contribution is 1.59. The van der Waals surface area contributed by atoms with E-state index in [0.29, 0.717) is 6.54 Å². The van der Waals surface area contributed by atoms with Crippen LogP contribution in [0, 0.1) is 0 Å². The molecule has 0 spiro atoms. The molecule has 0 heterocycles. The Labute approximate surface area is 58.8 Å². The summed E-state index contributed by atoms with van der Waals surface area (Å²) in [6.07, 6.45) is 0.819. The van der Waals surface area contributed by atoms with Gasteiger partial charge in [0.2, 0.25) is 0 Å². The van der Waals surface area contributed by atoms with E-state index < -0.39 is 10.4 Å². The van der Waals surface area contributed by atoms with Gasteiger partial charge in [-0.05, 0) is 7.05 Å². The largest absolute Gasteiger partial charge is 0.394 e. The molecule has 0 aliphatic heterocycles. The molecule has 62 valence electrons. The van der Waals surface area contributed by atoms with Gasteiger partial charge in [0.15, 0.2) is 0 Å². The first-order chi connectivity index (χ1) is 4.41. The number of nitrogens with one attached hydrogen (secondary N) is 1. The molecule has 10 heavy (non-hydrogen) atoms. The first-order valence-electron chi connectivity index (χ1n) is 2.20. The fourth-order valence-corrected chi connectivity index (χ4v) is 0.0833. The average Bonchev–Trinajstić information content (AvgIpc) is 1.63. The summed E-state index contributed by atoms with van der Waals surface area (Å²) in [4.78, 5) is 9.34. The van der Waals surface area contributed by atoms with Crippen molar-refractivity contribution in [2.75, 3.05) is 13.6 Å². The summed E-state index contributed by atoms with van der Waals surface area (Å²) < 4.78 is 31.6. The highest BCUT2D eigenvalue weighted by molar-refractivity contribution is 7.79. The lowest BCUT2D eigenvalue weighted by atomic mass is 10.7. The molecule has 0 rings (SSSR count). The van der Waals surface area contributed by atoms with Crippen LogP contribution in [0.25, 0.3) is 0 Å². The molecule has 0 aromatic rings. The molecule has 3 N–H and O–H groups in total. The highest BCUT2D eigenvalue weighted by atomic mass is 32.3. The lowest BCUT2D eigenvalue weighted by Crippen LogP contribution is -2.07. The first-order valence-corrected chi connectivity index (χ1v) is 3.59. The van der Waals surface area contributed by atoms with Crippen molar-refractivity contribution in [1.29, 1.82) is 0 Å². The topological polar surface area (TPSA) is 104 Å². The monoisotopic (exact) mass is 171 g/mol. The number of carbonyl (C=O) groups is 1. The van der Waals surface area contributed by atoms with E-state index in [4.69, 9.17) is 17.5 Å². The summed E-state index contributed by atoms with van der Waals surface area (Å²) >= 11 is 0. The van der Waals surface area contributed by atoms with Crippen LogP contribution in [0.5, 0.6) is 0 Å². The van der Waals surface area contributed by atoms with Crippen LogP contribution < -0.4 is 5.32 Å². The molecule has 7 heteroatoms. The highest BCUT2D eigenvalue weighted by Gasteiger charge is 1.84. The molecule has 0 saturated carbocycles. The average molecular weight is 171 g/mol. The van der Waals surface area contributed by atoms with E-state index in [1.807, 2.05) is 0 Å². The lowest BCUT2D eigenvalue weighted by molar-refractivity contribution is -0.107. The Hall–Kier alpha value is -0.500. The molecule has 0 unspecified atom stereocenters. The molecule has 0 aromatic heterocycles. The van der Waals surface area contributed by atoms with Crippen molar-refractivity contribution in [3.63, 3.8) is 0 Å². The van der Waals surface area contributed by atoms with E-state index in [1.54, 1.807) is 7.05 Å². The molecule has 0 aliphatic rings. The summed E-state index contributed by atoms with van der Waals surface area (Å²) in [6, 6.07) is 0. The van der Waals surface area contributed by atoms with Gasteiger partial charge in [-0.2, -0.15) is 8.42 Å². The summed E-state index contributed by atoms with van der Waals surface area (Å²) in [6.45, 7) is 0.458. The molecule has 0 saturated heterocycles. The zero-order chi connectivity index (χ0) is 8.62. The van der Waals surface area contributed by atoms with E-state index in [2.05, 4.69) is 5.32 Å². The van der Waals surface area contributed by atoms with Gasteiger partial charge in [-0.1, -0.05) is 0 Å². The Bertz CT molecular complexity index is 154. The van der Waals surface area contributed by atoms with Gasteiger partial charge in [0.25, 0.3) is 0 Å². The van der Waals surface area contributed by atoms with Crippen LogP contribution in [0.4, 0.5) is 0 Å². The molecular formula is C3H9NO5S. The van der Waals surface area contributed by atoms with Crippen molar-refractivity contribution in [2.45, 2.75) is 0 Å². The van der Waals surface area contributed by atoms with Crippen LogP contribution in [0.1, 0.15) is 0 Å². The third kappa shape index (κ3) is 141. The predicted molar refractivity (Wildman–Crippen MR) is 34.2 cm³/mol. The van der Waals surface area contributed by atoms with Crippen LogP contribution in [0.15, 0.2) is 0 Å². The minimum Gasteiger partial charge on any atom is -0.313 e. The molecule has 6 nitrogen and oxygen atoms in total. The normalized spacial score (nSPS) is 9.50. The Kier molecular flexibility index (Phi) is 8.07. The van der Waals surface area contributed by atoms with Crippen LogP contribution in [-0.4, -0.2) is 37.4 Å². The Morgan fingerprint density at radius 2 is 1.80 bits per heavy atom. The van der Waals surface area contributed by atoms with Crippen molar-refractivity contribution in [1.82, 2.24) is 5.32 Å².